The van der Waals surface area contributed by atoms with Crippen LogP contribution < -0.4 is 10.4 Å². The maximum Gasteiger partial charge on any atom is 0.428 e. The van der Waals surface area contributed by atoms with Gasteiger partial charge in [0.2, 0.25) is 17.2 Å². The molecule has 124 valence electrons. The van der Waals surface area contributed by atoms with E-state index >= 15 is 0 Å². The van der Waals surface area contributed by atoms with Gasteiger partial charge in [0.1, 0.15) is 0 Å². The topological polar surface area (TPSA) is 39.4 Å². The lowest BCUT2D eigenvalue weighted by Crippen LogP contribution is -2.49. The Labute approximate surface area is 126 Å². The number of ether oxygens (including phenoxy) is 1. The molecule has 1 aliphatic rings. The van der Waals surface area contributed by atoms with Gasteiger partial charge in [-0.3, -0.25) is 0 Å². The quantitative estimate of drug-likeness (QED) is 0.577. The second-order valence-electron chi connectivity index (χ2n) is 5.54. The molecule has 2 atom stereocenters. The molecule has 2 aromatic rings. The van der Waals surface area contributed by atoms with Crippen LogP contribution in [0, 0.1) is 11.6 Å². The highest BCUT2D eigenvalue weighted by Gasteiger charge is 2.63. The molecular formula is C15H11F5O3. The molecule has 1 aromatic heterocycles. The Kier molecular flexibility index (Phi) is 3.21. The van der Waals surface area contributed by atoms with E-state index in [1.165, 1.54) is 6.92 Å². The largest absolute Gasteiger partial charge is 0.470 e. The van der Waals surface area contributed by atoms with Crippen molar-refractivity contribution in [2.24, 2.45) is 0 Å². The van der Waals surface area contributed by atoms with Crippen molar-refractivity contribution in [3.63, 3.8) is 0 Å². The highest BCUT2D eigenvalue weighted by atomic mass is 19.4. The van der Waals surface area contributed by atoms with E-state index in [2.05, 4.69) is 4.42 Å². The summed E-state index contributed by atoms with van der Waals surface area (Å²) in [5.74, 6) is -4.52. The monoisotopic (exact) mass is 334 g/mol. The van der Waals surface area contributed by atoms with Gasteiger partial charge in [-0.2, -0.15) is 17.6 Å². The van der Waals surface area contributed by atoms with Gasteiger partial charge in [0.15, 0.2) is 11.4 Å². The van der Waals surface area contributed by atoms with E-state index in [0.717, 1.165) is 19.1 Å². The van der Waals surface area contributed by atoms with E-state index in [-0.39, 0.29) is 17.4 Å². The summed E-state index contributed by atoms with van der Waals surface area (Å²) >= 11 is 0. The zero-order valence-electron chi connectivity index (χ0n) is 12.1. The molecule has 0 N–H and O–H groups in total. The molecule has 23 heavy (non-hydrogen) atoms. The van der Waals surface area contributed by atoms with Gasteiger partial charge in [0, 0.05) is 16.9 Å². The number of rotatable bonds is 1. The minimum absolute atomic E-state index is 0.0133. The molecular weight excluding hydrogens is 323 g/mol. The molecule has 3 nitrogen and oxygen atoms in total. The lowest BCUT2D eigenvalue weighted by molar-refractivity contribution is -0.243. The van der Waals surface area contributed by atoms with Crippen LogP contribution in [0.25, 0.3) is 11.0 Å². The third-order valence-electron chi connectivity index (χ3n) is 4.26. The molecule has 3 rings (SSSR count). The van der Waals surface area contributed by atoms with Crippen molar-refractivity contribution in [3.8, 4) is 5.75 Å². The van der Waals surface area contributed by atoms with E-state index in [1.807, 2.05) is 0 Å². The number of benzene rings is 1. The van der Waals surface area contributed by atoms with Crippen molar-refractivity contribution < 1.29 is 31.1 Å². The molecule has 0 fully saturated rings. The van der Waals surface area contributed by atoms with E-state index < -0.39 is 46.3 Å². The Hall–Kier alpha value is -2.12. The van der Waals surface area contributed by atoms with Crippen LogP contribution in [0.4, 0.5) is 22.0 Å². The first-order valence-corrected chi connectivity index (χ1v) is 6.82. The lowest BCUT2D eigenvalue weighted by atomic mass is 9.82. The number of halogens is 5. The Balaban J connectivity index is 2.40. The lowest BCUT2D eigenvalue weighted by Gasteiger charge is -2.32. The maximum atomic E-state index is 13.8. The van der Waals surface area contributed by atoms with E-state index in [9.17, 15) is 26.7 Å². The molecule has 0 saturated heterocycles. The molecule has 0 radical (unpaired) electrons. The molecule has 2 unspecified atom stereocenters. The van der Waals surface area contributed by atoms with Crippen molar-refractivity contribution in [3.05, 3.63) is 39.8 Å². The van der Waals surface area contributed by atoms with Crippen LogP contribution in [-0.2, 0) is 0 Å². The Morgan fingerprint density at radius 3 is 2.48 bits per heavy atom. The zero-order valence-corrected chi connectivity index (χ0v) is 12.1. The average molecular weight is 334 g/mol. The smallest absolute Gasteiger partial charge is 0.428 e. The van der Waals surface area contributed by atoms with Gasteiger partial charge in [0.05, 0.1) is 0 Å². The second kappa shape index (κ2) is 4.69. The fourth-order valence-corrected chi connectivity index (χ4v) is 3.07. The SMILES string of the molecule is CCC1c2c(c(=O)oc3c(F)c(F)ccc23)OC1(C)C(F)(F)F. The van der Waals surface area contributed by atoms with Crippen LogP contribution in [0.1, 0.15) is 31.7 Å². The van der Waals surface area contributed by atoms with E-state index in [4.69, 9.17) is 4.74 Å². The minimum atomic E-state index is -4.76. The van der Waals surface area contributed by atoms with E-state index in [0.29, 0.717) is 0 Å². The van der Waals surface area contributed by atoms with Crippen molar-refractivity contribution >= 4 is 11.0 Å². The summed E-state index contributed by atoms with van der Waals surface area (Å²) in [7, 11) is 0. The van der Waals surface area contributed by atoms with Crippen LogP contribution >= 0.6 is 0 Å². The van der Waals surface area contributed by atoms with E-state index in [1.54, 1.807) is 0 Å². The van der Waals surface area contributed by atoms with Crippen molar-refractivity contribution in [2.45, 2.75) is 38.0 Å². The molecule has 0 bridgehead atoms. The summed E-state index contributed by atoms with van der Waals surface area (Å²) in [6.45, 7) is 2.32. The van der Waals surface area contributed by atoms with Crippen LogP contribution in [0.5, 0.6) is 5.75 Å². The number of hydrogen-bond donors (Lipinski definition) is 0. The maximum absolute atomic E-state index is 13.8. The molecule has 0 aliphatic carbocycles. The average Bonchev–Trinajstić information content (AvgIpc) is 2.78. The van der Waals surface area contributed by atoms with Gasteiger partial charge in [0.25, 0.3) is 0 Å². The third-order valence-corrected chi connectivity index (χ3v) is 4.26. The Morgan fingerprint density at radius 1 is 1.26 bits per heavy atom. The normalized spacial score (nSPS) is 23.9. The van der Waals surface area contributed by atoms with Crippen LogP contribution in [-0.4, -0.2) is 11.8 Å². The first kappa shape index (κ1) is 15.8. The van der Waals surface area contributed by atoms with Gasteiger partial charge in [-0.25, -0.2) is 9.18 Å². The van der Waals surface area contributed by atoms with Crippen LogP contribution in [0.15, 0.2) is 21.3 Å². The predicted octanol–water partition coefficient (Wildman–Crippen LogP) is 4.28. The highest BCUT2D eigenvalue weighted by Crippen LogP contribution is 2.54. The van der Waals surface area contributed by atoms with Gasteiger partial charge >= 0.3 is 11.8 Å². The third kappa shape index (κ3) is 1.96. The van der Waals surface area contributed by atoms with Gasteiger partial charge < -0.3 is 9.15 Å². The summed E-state index contributed by atoms with van der Waals surface area (Å²) in [6.07, 6.45) is -4.77. The second-order valence-corrected chi connectivity index (χ2v) is 5.54. The predicted molar refractivity (Wildman–Crippen MR) is 70.5 cm³/mol. The summed E-state index contributed by atoms with van der Waals surface area (Å²) < 4.78 is 77.0. The van der Waals surface area contributed by atoms with Gasteiger partial charge in [-0.15, -0.1) is 0 Å². The summed E-state index contributed by atoms with van der Waals surface area (Å²) in [6, 6.07) is 1.86. The Bertz CT molecular complexity index is 855. The van der Waals surface area contributed by atoms with Crippen LogP contribution in [0.3, 0.4) is 0 Å². The van der Waals surface area contributed by atoms with Crippen molar-refractivity contribution in [2.75, 3.05) is 0 Å². The van der Waals surface area contributed by atoms with Gasteiger partial charge in [-0.05, 0) is 25.5 Å². The molecule has 1 aromatic carbocycles. The molecule has 2 heterocycles. The zero-order chi connectivity index (χ0) is 17.2. The first-order chi connectivity index (χ1) is 10.6. The van der Waals surface area contributed by atoms with Gasteiger partial charge in [-0.1, -0.05) is 6.92 Å². The fraction of sp³-hybridized carbons (Fsp3) is 0.400. The standard InChI is InChI=1S/C15H11F5O3/c1-3-7-9-6-4-5-8(16)10(17)11(6)22-13(21)12(9)23-14(7,2)15(18,19)20/h4-5,7H,3H2,1-2H3. The molecule has 0 amide bonds. The van der Waals surface area contributed by atoms with Crippen molar-refractivity contribution in [1.82, 2.24) is 0 Å². The summed E-state index contributed by atoms with van der Waals surface area (Å²) in [5.41, 5.74) is -4.71. The minimum Gasteiger partial charge on any atom is -0.470 e. The highest BCUT2D eigenvalue weighted by molar-refractivity contribution is 5.84. The number of hydrogen-bond acceptors (Lipinski definition) is 3. The van der Waals surface area contributed by atoms with Crippen LogP contribution in [0.2, 0.25) is 0 Å². The number of alkyl halides is 3. The Morgan fingerprint density at radius 2 is 1.91 bits per heavy atom. The molecule has 1 aliphatic heterocycles. The summed E-state index contributed by atoms with van der Waals surface area (Å²) in [5, 5.41) is -0.0988. The number of fused-ring (bicyclic) bond motifs is 3. The molecule has 0 saturated carbocycles. The molecule has 8 heteroatoms. The fourth-order valence-electron chi connectivity index (χ4n) is 3.07. The molecule has 0 spiro atoms. The van der Waals surface area contributed by atoms with Crippen molar-refractivity contribution in [1.29, 1.82) is 0 Å². The first-order valence-electron chi connectivity index (χ1n) is 6.82. The summed E-state index contributed by atoms with van der Waals surface area (Å²) in [4.78, 5) is 11.9.